The number of halogens is 1. The highest BCUT2D eigenvalue weighted by atomic mass is 35.5. The number of ether oxygens (including phenoxy) is 2. The van der Waals surface area contributed by atoms with Crippen molar-refractivity contribution in [2.45, 2.75) is 128 Å². The molecule has 2 saturated heterocycles. The summed E-state index contributed by atoms with van der Waals surface area (Å²) in [6.07, 6.45) is -5.79. The Morgan fingerprint density at radius 3 is 2.29 bits per heavy atom. The first kappa shape index (κ1) is 55.0. The van der Waals surface area contributed by atoms with Crippen LogP contribution in [0, 0.1) is 11.8 Å². The van der Waals surface area contributed by atoms with E-state index in [2.05, 4.69) is 30.4 Å². The number of nitrogens with two attached hydrogens (primary N) is 2. The van der Waals surface area contributed by atoms with Gasteiger partial charge < -0.3 is 62.2 Å². The number of fused-ring (bicyclic) bond motifs is 2. The fourth-order valence-electron chi connectivity index (χ4n) is 7.34. The highest BCUT2D eigenvalue weighted by Crippen LogP contribution is 2.29. The number of likely N-dealkylation sites (N-methyl/N-ethyl adjacent to an activating group) is 1. The van der Waals surface area contributed by atoms with Gasteiger partial charge >= 0.3 is 16.4 Å². The van der Waals surface area contributed by atoms with E-state index in [1.165, 1.54) is 27.1 Å². The number of piperidine rings is 1. The number of aliphatic hydroxyl groups is 2. The van der Waals surface area contributed by atoms with Crippen LogP contribution >= 0.6 is 11.6 Å². The number of benzene rings is 1. The quantitative estimate of drug-likeness (QED) is 0.0297. The van der Waals surface area contributed by atoms with Crippen molar-refractivity contribution in [1.29, 1.82) is 0 Å². The van der Waals surface area contributed by atoms with E-state index in [1.54, 1.807) is 39.8 Å². The van der Waals surface area contributed by atoms with E-state index < -0.39 is 125 Å². The number of carbonyl (C=O) groups is 7. The topological polar surface area (TPSA) is 361 Å². The van der Waals surface area contributed by atoms with E-state index in [0.717, 1.165) is 9.80 Å². The standard InChI is InChI=1S/C40H62ClN9O15S/c1-8-20(4)30-39(59)65-21(5)31(48-35(55)27(51)18-64-66(60,61)62)36(56)45-24(10-9-15-44-40(42)43)33(53)46-25-12-14-29(52)50(37(25)57)32(19(2)3)38(58)49(6)26(34(54)47-30)17-22-11-13-28(63-7)23(41)16-22/h11,13,16,19-21,24-27,29-32,51-52H,8-10,12,14-15,17-18H2,1-7H3,(H,45,56)(H,46,53)(H,47,54)(H,48,55)(H4,42,43,44)(H,60,61,62)/t20-,21-,24-,25-,26-,27+,29+,30-,31-,32+/m0/s1. The van der Waals surface area contributed by atoms with Gasteiger partial charge in [0.25, 0.3) is 5.91 Å². The molecule has 11 N–H and O–H groups in total. The van der Waals surface area contributed by atoms with E-state index in [1.807, 2.05) is 0 Å². The zero-order chi connectivity index (χ0) is 49.8. The van der Waals surface area contributed by atoms with Crippen molar-refractivity contribution in [3.63, 3.8) is 0 Å². The predicted octanol–water partition coefficient (Wildman–Crippen LogP) is -2.15. The lowest BCUT2D eigenvalue weighted by Gasteiger charge is -2.44. The number of aliphatic hydroxyl groups excluding tert-OH is 2. The SMILES string of the molecule is CC[C@H](C)[C@@H]1NC(=O)[C@H](Cc2ccc(OC)c(Cl)c2)N(C)C(=O)[C@@H](C(C)C)N2C(=O)[C@H](CC[C@H]2O)NC(=O)[C@H](CCCN=C(N)N)NC(=O)[C@@H](NC(=O)[C@H](O)COS(=O)(=O)O)[C@H](C)OC1=O. The van der Waals surface area contributed by atoms with Crippen molar-refractivity contribution in [1.82, 2.24) is 31.1 Å². The van der Waals surface area contributed by atoms with Crippen molar-refractivity contribution in [3.05, 3.63) is 28.8 Å². The summed E-state index contributed by atoms with van der Waals surface area (Å²) in [4.78, 5) is 105. The summed E-state index contributed by atoms with van der Waals surface area (Å²) < 4.78 is 46.4. The Balaban J connectivity index is 2.25. The molecule has 10 atom stereocenters. The van der Waals surface area contributed by atoms with Gasteiger partial charge in [0.15, 0.2) is 12.1 Å². The molecule has 24 nitrogen and oxygen atoms in total. The molecule has 6 amide bonds. The van der Waals surface area contributed by atoms with Crippen molar-refractivity contribution in [2.75, 3.05) is 27.3 Å². The lowest BCUT2D eigenvalue weighted by molar-refractivity contribution is -0.167. The van der Waals surface area contributed by atoms with Crippen molar-refractivity contribution in [2.24, 2.45) is 28.3 Å². The Labute approximate surface area is 387 Å². The molecule has 0 aromatic heterocycles. The van der Waals surface area contributed by atoms with Gasteiger partial charge in [-0.25, -0.2) is 8.98 Å². The number of carbonyl (C=O) groups excluding carboxylic acids is 7. The van der Waals surface area contributed by atoms with Crippen LogP contribution in [0.25, 0.3) is 0 Å². The van der Waals surface area contributed by atoms with Crippen LogP contribution in [0.2, 0.25) is 5.02 Å². The second kappa shape index (κ2) is 24.4. The van der Waals surface area contributed by atoms with E-state index in [4.69, 9.17) is 37.1 Å². The summed E-state index contributed by atoms with van der Waals surface area (Å²) in [6.45, 7) is 6.41. The summed E-state index contributed by atoms with van der Waals surface area (Å²) in [5.41, 5.74) is 11.4. The molecule has 370 valence electrons. The molecule has 2 heterocycles. The predicted molar refractivity (Wildman–Crippen MR) is 235 cm³/mol. The zero-order valence-corrected chi connectivity index (χ0v) is 39.3. The molecule has 3 rings (SSSR count). The molecule has 1 aromatic rings. The molecule has 0 unspecified atom stereocenters. The molecular formula is C40H62ClN9O15S. The Morgan fingerprint density at radius 1 is 1.05 bits per heavy atom. The van der Waals surface area contributed by atoms with E-state index >= 15 is 0 Å². The Morgan fingerprint density at radius 2 is 1.71 bits per heavy atom. The van der Waals surface area contributed by atoms with Gasteiger partial charge in [-0.2, -0.15) is 8.42 Å². The highest BCUT2D eigenvalue weighted by Gasteiger charge is 2.46. The fraction of sp³-hybridized carbons (Fsp3) is 0.650. The third kappa shape index (κ3) is 15.1. The normalized spacial score (nSPS) is 26.1. The first-order valence-corrected chi connectivity index (χ1v) is 22.9. The zero-order valence-electron chi connectivity index (χ0n) is 37.8. The Hall–Kier alpha value is -5.34. The summed E-state index contributed by atoms with van der Waals surface area (Å²) in [7, 11) is -2.40. The van der Waals surface area contributed by atoms with Gasteiger partial charge in [0.2, 0.25) is 29.5 Å². The van der Waals surface area contributed by atoms with Gasteiger partial charge in [0, 0.05) is 20.0 Å². The number of amides is 6. The molecular weight excluding hydrogens is 914 g/mol. The number of esters is 1. The molecule has 0 radical (unpaired) electrons. The third-order valence-electron chi connectivity index (χ3n) is 11.2. The third-order valence-corrected chi connectivity index (χ3v) is 12.0. The van der Waals surface area contributed by atoms with Crippen molar-refractivity contribution >= 4 is 69.4 Å². The van der Waals surface area contributed by atoms with E-state index in [9.17, 15) is 52.2 Å². The number of rotatable bonds is 15. The van der Waals surface area contributed by atoms with E-state index in [-0.39, 0.29) is 56.1 Å². The van der Waals surface area contributed by atoms with Crippen LogP contribution in [0.5, 0.6) is 5.75 Å². The number of nitrogens with one attached hydrogen (secondary N) is 4. The van der Waals surface area contributed by atoms with Crippen LogP contribution < -0.4 is 37.5 Å². The van der Waals surface area contributed by atoms with Crippen LogP contribution in [0.15, 0.2) is 23.2 Å². The average Bonchev–Trinajstić information content (AvgIpc) is 3.24. The van der Waals surface area contributed by atoms with Gasteiger partial charge in [-0.05, 0) is 62.1 Å². The fourth-order valence-corrected chi connectivity index (χ4v) is 7.92. The molecule has 0 aliphatic carbocycles. The largest absolute Gasteiger partial charge is 0.495 e. The molecule has 0 saturated carbocycles. The van der Waals surface area contributed by atoms with Crippen LogP contribution in [-0.4, -0.2) is 162 Å². The smallest absolute Gasteiger partial charge is 0.397 e. The van der Waals surface area contributed by atoms with Crippen LogP contribution in [-0.2, 0) is 59.3 Å². The minimum Gasteiger partial charge on any atom is -0.495 e. The minimum absolute atomic E-state index is 0.0284. The summed E-state index contributed by atoms with van der Waals surface area (Å²) in [5, 5.41) is 31.8. The summed E-state index contributed by atoms with van der Waals surface area (Å²) >= 11 is 6.44. The highest BCUT2D eigenvalue weighted by molar-refractivity contribution is 7.80. The molecule has 26 heteroatoms. The molecule has 2 bridgehead atoms. The average molecular weight is 977 g/mol. The van der Waals surface area contributed by atoms with Crippen LogP contribution in [0.1, 0.15) is 72.3 Å². The van der Waals surface area contributed by atoms with Gasteiger partial charge in [-0.1, -0.05) is 51.8 Å². The molecule has 2 aliphatic rings. The molecule has 2 aliphatic heterocycles. The maximum absolute atomic E-state index is 14.8. The number of hydrogen-bond acceptors (Lipinski definition) is 15. The number of hydrogen-bond donors (Lipinski definition) is 9. The Kier molecular flexibility index (Phi) is 20.4. The molecule has 66 heavy (non-hydrogen) atoms. The van der Waals surface area contributed by atoms with Crippen LogP contribution in [0.3, 0.4) is 0 Å². The number of aliphatic imine (C=N–C) groups is 1. The number of methoxy groups -OCH3 is 1. The van der Waals surface area contributed by atoms with Crippen molar-refractivity contribution < 1.29 is 70.4 Å². The van der Waals surface area contributed by atoms with Crippen molar-refractivity contribution in [3.8, 4) is 5.75 Å². The molecule has 2 fully saturated rings. The first-order chi connectivity index (χ1) is 30.8. The summed E-state index contributed by atoms with van der Waals surface area (Å²) in [6, 6.07) is -4.46. The molecule has 1 aromatic carbocycles. The second-order valence-electron chi connectivity index (χ2n) is 16.4. The molecule has 0 spiro atoms. The number of nitrogens with zero attached hydrogens (tertiary/aromatic N) is 3. The minimum atomic E-state index is -5.13. The maximum atomic E-state index is 14.8. The first-order valence-electron chi connectivity index (χ1n) is 21.2. The monoisotopic (exact) mass is 975 g/mol. The van der Waals surface area contributed by atoms with Crippen LogP contribution in [0.4, 0.5) is 0 Å². The maximum Gasteiger partial charge on any atom is 0.397 e. The Bertz CT molecular complexity index is 2080. The van der Waals surface area contributed by atoms with Gasteiger partial charge in [0.05, 0.1) is 12.1 Å². The lowest BCUT2D eigenvalue weighted by atomic mass is 9.93. The number of guanidine groups is 1. The van der Waals surface area contributed by atoms with Gasteiger partial charge in [0.1, 0.15) is 60.9 Å². The second-order valence-corrected chi connectivity index (χ2v) is 17.9. The van der Waals surface area contributed by atoms with Gasteiger partial charge in [-0.15, -0.1) is 0 Å². The number of cyclic esters (lactones) is 1. The van der Waals surface area contributed by atoms with Gasteiger partial charge in [-0.3, -0.25) is 38.3 Å². The van der Waals surface area contributed by atoms with E-state index in [0.29, 0.717) is 11.3 Å². The lowest BCUT2D eigenvalue weighted by Crippen LogP contribution is -2.66. The summed E-state index contributed by atoms with van der Waals surface area (Å²) in [5.74, 6) is -8.49.